The van der Waals surface area contributed by atoms with Crippen molar-refractivity contribution in [3.05, 3.63) is 449 Å². The zero-order chi connectivity index (χ0) is 96.2. The van der Waals surface area contributed by atoms with Crippen LogP contribution in [0.1, 0.15) is 0 Å². The van der Waals surface area contributed by atoms with Crippen LogP contribution in [-0.4, -0.2) is 77.2 Å². The fraction of sp³-hybridized carbons (Fsp3) is 0. The number of pyridine rings is 4. The number of para-hydroxylation sites is 10. The van der Waals surface area contributed by atoms with Crippen molar-refractivity contribution in [3.8, 4) is 68.7 Å². The van der Waals surface area contributed by atoms with Gasteiger partial charge in [-0.25, -0.2) is 29.9 Å². The molecule has 0 saturated carbocycles. The smallest absolute Gasteiger partial charge is 0.236 e. The maximum absolute atomic E-state index is 6.44. The van der Waals surface area contributed by atoms with Crippen molar-refractivity contribution in [1.29, 1.82) is 0 Å². The molecule has 0 radical (unpaired) electrons. The third-order valence-electron chi connectivity index (χ3n) is 29.1. The molecule has 16 heterocycles. The van der Waals surface area contributed by atoms with Crippen LogP contribution in [-0.2, 0) is 0 Å². The molecule has 0 aliphatic carbocycles. The number of thiophene rings is 2. The molecular weight excluding hydrogens is 1840 g/mol. The zero-order valence-corrected chi connectivity index (χ0v) is 79.7. The summed E-state index contributed by atoms with van der Waals surface area (Å²) in [4.78, 5) is 52.9. The lowest BCUT2D eigenvalue weighted by molar-refractivity contribution is 0.666. The van der Waals surface area contributed by atoms with Gasteiger partial charge in [0.25, 0.3) is 0 Å². The highest BCUT2D eigenvalue weighted by Crippen LogP contribution is 2.50. The molecule has 0 amide bonds. The van der Waals surface area contributed by atoms with E-state index in [1.54, 1.807) is 22.7 Å². The van der Waals surface area contributed by atoms with E-state index in [0.717, 1.165) is 252 Å². The minimum Gasteiger partial charge on any atom is -0.452 e. The fourth-order valence-corrected chi connectivity index (χ4v) is 25.1. The topological polar surface area (TPSA) is 172 Å². The summed E-state index contributed by atoms with van der Waals surface area (Å²) in [5.41, 5.74) is 28.4. The van der Waals surface area contributed by atoms with Gasteiger partial charge in [-0.05, 0) is 109 Å². The molecule has 19 heteroatoms. The van der Waals surface area contributed by atoms with Crippen LogP contribution >= 0.6 is 22.7 Å². The lowest BCUT2D eigenvalue weighted by Crippen LogP contribution is -2.03. The fourth-order valence-electron chi connectivity index (χ4n) is 22.8. The number of benzene rings is 17. The van der Waals surface area contributed by atoms with Gasteiger partial charge in [0.05, 0.1) is 103 Å². The quantitative estimate of drug-likeness (QED) is 0.135. The molecule has 0 saturated heterocycles. The lowest BCUT2D eigenvalue weighted by Gasteiger charge is -2.12. The van der Waals surface area contributed by atoms with Crippen LogP contribution in [0.5, 0.6) is 0 Å². The molecule has 0 spiro atoms. The Labute approximate surface area is 842 Å². The molecule has 0 aliphatic heterocycles. The van der Waals surface area contributed by atoms with Gasteiger partial charge >= 0.3 is 0 Å². The predicted octanol–water partition coefficient (Wildman–Crippen LogP) is 32.7. The van der Waals surface area contributed by atoms with Crippen LogP contribution < -0.4 is 0 Å². The maximum Gasteiger partial charge on any atom is 0.236 e. The van der Waals surface area contributed by atoms with Crippen LogP contribution in [0.3, 0.4) is 0 Å². The average Bonchev–Trinajstić information content (AvgIpc) is 1.55. The molecule has 33 aromatic rings. The normalized spacial score (nSPS) is 12.1. The highest BCUT2D eigenvalue weighted by atomic mass is 32.1. The van der Waals surface area contributed by atoms with E-state index in [2.05, 4.69) is 391 Å². The van der Waals surface area contributed by atoms with Crippen molar-refractivity contribution in [1.82, 2.24) is 77.2 Å². The van der Waals surface area contributed by atoms with Gasteiger partial charge < -0.3 is 18.1 Å². The Morgan fingerprint density at radius 2 is 0.503 bits per heavy atom. The van der Waals surface area contributed by atoms with Gasteiger partial charge in [0.1, 0.15) is 27.8 Å². The summed E-state index contributed by atoms with van der Waals surface area (Å²) >= 11 is 3.48. The Hall–Kier alpha value is -19.6. The first-order valence-electron chi connectivity index (χ1n) is 49.0. The van der Waals surface area contributed by atoms with Gasteiger partial charge in [-0.1, -0.05) is 315 Å². The van der Waals surface area contributed by atoms with E-state index >= 15 is 0 Å². The monoisotopic (exact) mass is 1910 g/mol. The lowest BCUT2D eigenvalue weighted by atomic mass is 10.1. The van der Waals surface area contributed by atoms with Crippen LogP contribution in [0.2, 0.25) is 0 Å². The Balaban J connectivity index is 0.0000000999. The number of aromatic nitrogens is 16. The van der Waals surface area contributed by atoms with Gasteiger partial charge in [0.2, 0.25) is 11.9 Å². The van der Waals surface area contributed by atoms with E-state index in [4.69, 9.17) is 54.3 Å². The second-order valence-corrected chi connectivity index (χ2v) is 39.3. The highest BCUT2D eigenvalue weighted by molar-refractivity contribution is 7.26. The van der Waals surface area contributed by atoms with E-state index in [1.165, 1.54) is 20.2 Å². The van der Waals surface area contributed by atoms with E-state index in [9.17, 15) is 0 Å². The van der Waals surface area contributed by atoms with Crippen molar-refractivity contribution in [3.63, 3.8) is 0 Å². The molecule has 0 bridgehead atoms. The molecule has 17 aromatic carbocycles. The third kappa shape index (κ3) is 12.4. The van der Waals surface area contributed by atoms with Gasteiger partial charge in [0.15, 0.2) is 17.2 Å². The summed E-state index contributed by atoms with van der Waals surface area (Å²) in [7, 11) is 0. The molecule has 147 heavy (non-hydrogen) atoms. The summed E-state index contributed by atoms with van der Waals surface area (Å²) in [5, 5.41) is 18.8. The maximum atomic E-state index is 6.44. The predicted molar refractivity (Wildman–Crippen MR) is 605 cm³/mol. The largest absolute Gasteiger partial charge is 0.452 e. The van der Waals surface area contributed by atoms with Gasteiger partial charge in [-0.3, -0.25) is 33.6 Å². The standard InChI is InChI=1S/C43H25N5O.C43H25N5S.C42H24N6S/c2*1-3-13-26(14-4-1)37-42-39(31-19-9-12-22-36(31)49-42)46-43(45-37)48-35-21-11-7-17-28(35)30-23-24-32-38(41(30)48)44-25-33-29-18-8-10-20-34(29)47(40(32)33)27-15-5-2-6-16-27;1-3-13-25(14-4-1)41-45-35-29-19-9-12-22-34(29)49-40(35)42(46-41)48-33-21-11-8-18-28(33)31-24-43-36-37(39(31)48)44-23-30-27-17-7-10-20-32(27)47(38(30)36)26-15-5-2-6-16-26/h2*1-25H;1-24H. The third-order valence-corrected chi connectivity index (χ3v) is 31.5. The van der Waals surface area contributed by atoms with E-state index in [1.807, 2.05) is 85.5 Å². The summed E-state index contributed by atoms with van der Waals surface area (Å²) in [6.45, 7) is 0. The summed E-state index contributed by atoms with van der Waals surface area (Å²) < 4.78 is 24.7. The molecule has 17 nitrogen and oxygen atoms in total. The number of rotatable bonds is 9. The Morgan fingerprint density at radius 1 is 0.190 bits per heavy atom. The van der Waals surface area contributed by atoms with Crippen LogP contribution in [0, 0.1) is 0 Å². The summed E-state index contributed by atoms with van der Waals surface area (Å²) in [6, 6.07) is 148. The highest BCUT2D eigenvalue weighted by Gasteiger charge is 2.31. The number of nitrogens with zero attached hydrogens (tertiary/aromatic N) is 16. The minimum atomic E-state index is 0.571. The summed E-state index contributed by atoms with van der Waals surface area (Å²) in [5.74, 6) is 2.74. The van der Waals surface area contributed by atoms with E-state index < -0.39 is 0 Å². The Bertz CT molecular complexity index is 10900. The molecule has 0 atom stereocenters. The molecule has 0 N–H and O–H groups in total. The average molecular weight is 1920 g/mol. The van der Waals surface area contributed by atoms with Crippen LogP contribution in [0.15, 0.2) is 454 Å². The summed E-state index contributed by atoms with van der Waals surface area (Å²) in [6.07, 6.45) is 8.12. The Morgan fingerprint density at radius 3 is 0.966 bits per heavy atom. The van der Waals surface area contributed by atoms with Gasteiger partial charge in [0, 0.05) is 160 Å². The zero-order valence-electron chi connectivity index (χ0n) is 78.1. The molecular formula is C128H74N16OS2. The molecule has 16 aromatic heterocycles. The second-order valence-electron chi connectivity index (χ2n) is 37.2. The van der Waals surface area contributed by atoms with Gasteiger partial charge in [-0.15, -0.1) is 22.7 Å². The van der Waals surface area contributed by atoms with Crippen molar-refractivity contribution < 1.29 is 4.42 Å². The number of hydrogen-bond donors (Lipinski definition) is 0. The first kappa shape index (κ1) is 82.2. The molecule has 33 rings (SSSR count). The van der Waals surface area contributed by atoms with Crippen LogP contribution in [0.4, 0.5) is 0 Å². The van der Waals surface area contributed by atoms with E-state index in [0.29, 0.717) is 23.3 Å². The minimum absolute atomic E-state index is 0.571. The van der Waals surface area contributed by atoms with Crippen molar-refractivity contribution in [2.24, 2.45) is 0 Å². The number of fused-ring (bicyclic) bond motifs is 36. The van der Waals surface area contributed by atoms with E-state index in [-0.39, 0.29) is 0 Å². The molecule has 0 aliphatic rings. The van der Waals surface area contributed by atoms with Crippen molar-refractivity contribution in [2.75, 3.05) is 0 Å². The molecule has 0 unspecified atom stereocenters. The molecule has 684 valence electrons. The second kappa shape index (κ2) is 32.5. The van der Waals surface area contributed by atoms with Crippen molar-refractivity contribution in [2.45, 2.75) is 0 Å². The Kier molecular flexibility index (Phi) is 18.2. The van der Waals surface area contributed by atoms with Crippen molar-refractivity contribution >= 4 is 249 Å². The number of furan rings is 1. The first-order chi connectivity index (χ1) is 73.0. The van der Waals surface area contributed by atoms with Gasteiger partial charge in [-0.2, -0.15) is 0 Å². The SMILES string of the molecule is c1ccc(-c2nc(-n3c4ccccc4c4ccc5c(ncc6c7ccccc7n(-c7ccccc7)c65)c43)nc3c2oc2ccccc23)cc1.c1ccc(-c2nc(-n3c4ccccc4c4ccc5c(ncc6c7ccccc7n(-c7ccccc7)c65)c43)nc3c2sc2ccccc23)cc1.c1ccc(-c2nc(-n3c4ccccc4c4cnc5c(ncc6c7ccccc7n(-c7ccccc7)c65)c43)c3sc4ccccc4c3n2)cc1. The molecule has 0 fully saturated rings. The number of hydrogen-bond acceptors (Lipinski definition) is 13. The van der Waals surface area contributed by atoms with Crippen LogP contribution in [0.25, 0.3) is 295 Å². The first-order valence-corrected chi connectivity index (χ1v) is 50.6.